The minimum absolute atomic E-state index is 0.230. The van der Waals surface area contributed by atoms with Crippen LogP contribution in [0.1, 0.15) is 18.4 Å². The van der Waals surface area contributed by atoms with Crippen LogP contribution in [-0.2, 0) is 14.3 Å². The van der Waals surface area contributed by atoms with Gasteiger partial charge in [0.05, 0.1) is 18.6 Å². The van der Waals surface area contributed by atoms with Crippen molar-refractivity contribution in [2.45, 2.75) is 18.2 Å². The van der Waals surface area contributed by atoms with Crippen molar-refractivity contribution in [2.24, 2.45) is 10.9 Å². The van der Waals surface area contributed by atoms with Crippen molar-refractivity contribution < 1.29 is 14.3 Å². The zero-order valence-electron chi connectivity index (χ0n) is 13.0. The van der Waals surface area contributed by atoms with Crippen molar-refractivity contribution in [1.82, 2.24) is 0 Å². The first-order chi connectivity index (χ1) is 10.8. The SMILES string of the molecule is COCCOCCCC(Cl)C(=NOCCN)c1ccccc1. The second-order valence-electron chi connectivity index (χ2n) is 4.68. The Hall–Kier alpha value is -1.14. The van der Waals surface area contributed by atoms with Crippen LogP contribution in [0, 0.1) is 0 Å². The van der Waals surface area contributed by atoms with E-state index in [1.165, 1.54) is 0 Å². The molecule has 0 aliphatic carbocycles. The van der Waals surface area contributed by atoms with Gasteiger partial charge in [0.2, 0.25) is 0 Å². The predicted octanol–water partition coefficient (Wildman–Crippen LogP) is 2.42. The molecule has 1 atom stereocenters. The topological polar surface area (TPSA) is 66.1 Å². The predicted molar refractivity (Wildman–Crippen MR) is 89.6 cm³/mol. The summed E-state index contributed by atoms with van der Waals surface area (Å²) in [5.41, 5.74) is 7.10. The number of hydrogen-bond donors (Lipinski definition) is 1. The van der Waals surface area contributed by atoms with Crippen LogP contribution < -0.4 is 5.73 Å². The van der Waals surface area contributed by atoms with E-state index in [1.807, 2.05) is 30.3 Å². The fraction of sp³-hybridized carbons (Fsp3) is 0.562. The highest BCUT2D eigenvalue weighted by atomic mass is 35.5. The van der Waals surface area contributed by atoms with E-state index >= 15 is 0 Å². The molecule has 5 nitrogen and oxygen atoms in total. The molecule has 6 heteroatoms. The van der Waals surface area contributed by atoms with Crippen molar-refractivity contribution in [3.8, 4) is 0 Å². The fourth-order valence-corrected chi connectivity index (χ4v) is 2.13. The van der Waals surface area contributed by atoms with Gasteiger partial charge in [-0.05, 0) is 12.8 Å². The van der Waals surface area contributed by atoms with E-state index in [0.29, 0.717) is 33.0 Å². The summed E-state index contributed by atoms with van der Waals surface area (Å²) in [7, 11) is 1.65. The van der Waals surface area contributed by atoms with Crippen LogP contribution >= 0.6 is 11.6 Å². The van der Waals surface area contributed by atoms with Gasteiger partial charge in [0.25, 0.3) is 0 Å². The Morgan fingerprint density at radius 1 is 1.18 bits per heavy atom. The van der Waals surface area contributed by atoms with Crippen LogP contribution in [0.3, 0.4) is 0 Å². The van der Waals surface area contributed by atoms with E-state index < -0.39 is 0 Å². The quantitative estimate of drug-likeness (QED) is 0.277. The summed E-state index contributed by atoms with van der Waals surface area (Å²) in [5, 5.41) is 3.93. The Kier molecular flexibility index (Phi) is 10.7. The first kappa shape index (κ1) is 18.9. The number of hydrogen-bond acceptors (Lipinski definition) is 5. The van der Waals surface area contributed by atoms with Crippen LogP contribution in [0.15, 0.2) is 35.5 Å². The molecule has 0 saturated carbocycles. The normalized spacial score (nSPS) is 13.1. The molecule has 22 heavy (non-hydrogen) atoms. The van der Waals surface area contributed by atoms with Crippen molar-refractivity contribution in [3.05, 3.63) is 35.9 Å². The van der Waals surface area contributed by atoms with Crippen LogP contribution in [0.25, 0.3) is 0 Å². The molecule has 0 saturated heterocycles. The van der Waals surface area contributed by atoms with Gasteiger partial charge in [-0.25, -0.2) is 0 Å². The van der Waals surface area contributed by atoms with Crippen molar-refractivity contribution in [3.63, 3.8) is 0 Å². The molecule has 0 amide bonds. The van der Waals surface area contributed by atoms with Gasteiger partial charge in [0.1, 0.15) is 12.3 Å². The van der Waals surface area contributed by atoms with E-state index in [9.17, 15) is 0 Å². The first-order valence-electron chi connectivity index (χ1n) is 7.45. The van der Waals surface area contributed by atoms with Crippen LogP contribution in [0.2, 0.25) is 0 Å². The highest BCUT2D eigenvalue weighted by Gasteiger charge is 2.16. The molecule has 1 aromatic carbocycles. The lowest BCUT2D eigenvalue weighted by Crippen LogP contribution is -2.18. The number of ether oxygens (including phenoxy) is 2. The molecule has 2 N–H and O–H groups in total. The van der Waals surface area contributed by atoms with Gasteiger partial charge in [-0.1, -0.05) is 35.5 Å². The molecular weight excluding hydrogens is 304 g/mol. The number of nitrogens with zero attached hydrogens (tertiary/aromatic N) is 1. The van der Waals surface area contributed by atoms with Crippen LogP contribution in [0.5, 0.6) is 0 Å². The molecule has 1 rings (SSSR count). The van der Waals surface area contributed by atoms with Gasteiger partial charge >= 0.3 is 0 Å². The second kappa shape index (κ2) is 12.4. The molecule has 124 valence electrons. The van der Waals surface area contributed by atoms with Crippen molar-refractivity contribution >= 4 is 17.3 Å². The summed E-state index contributed by atoms with van der Waals surface area (Å²) < 4.78 is 10.4. The van der Waals surface area contributed by atoms with Crippen LogP contribution in [-0.4, -0.2) is 51.2 Å². The molecule has 0 aliphatic heterocycles. The summed E-state index contributed by atoms with van der Waals surface area (Å²) >= 11 is 6.48. The Balaban J connectivity index is 2.50. The molecule has 0 spiro atoms. The lowest BCUT2D eigenvalue weighted by Gasteiger charge is -2.13. The second-order valence-corrected chi connectivity index (χ2v) is 5.21. The molecule has 0 heterocycles. The molecular formula is C16H25ClN2O3. The smallest absolute Gasteiger partial charge is 0.129 e. The summed E-state index contributed by atoms with van der Waals surface area (Å²) in [6.45, 7) is 2.65. The Morgan fingerprint density at radius 2 is 1.95 bits per heavy atom. The molecule has 0 aromatic heterocycles. The number of oxime groups is 1. The summed E-state index contributed by atoms with van der Waals surface area (Å²) in [4.78, 5) is 5.21. The number of halogens is 1. The maximum absolute atomic E-state index is 6.48. The highest BCUT2D eigenvalue weighted by Crippen LogP contribution is 2.15. The van der Waals surface area contributed by atoms with E-state index in [2.05, 4.69) is 5.16 Å². The van der Waals surface area contributed by atoms with Crippen LogP contribution in [0.4, 0.5) is 0 Å². The first-order valence-corrected chi connectivity index (χ1v) is 7.89. The average molecular weight is 329 g/mol. The van der Waals surface area contributed by atoms with Gasteiger partial charge in [-0.2, -0.15) is 0 Å². The number of rotatable bonds is 12. The maximum Gasteiger partial charge on any atom is 0.129 e. The number of nitrogens with two attached hydrogens (primary N) is 1. The van der Waals surface area contributed by atoms with E-state index in [4.69, 9.17) is 31.6 Å². The molecule has 0 bridgehead atoms. The Morgan fingerprint density at radius 3 is 2.64 bits per heavy atom. The van der Waals surface area contributed by atoms with Gasteiger partial charge in [0, 0.05) is 25.8 Å². The van der Waals surface area contributed by atoms with E-state index in [0.717, 1.165) is 24.1 Å². The summed E-state index contributed by atoms with van der Waals surface area (Å²) in [6.07, 6.45) is 1.61. The third-order valence-corrected chi connectivity index (χ3v) is 3.34. The fourth-order valence-electron chi connectivity index (χ4n) is 1.81. The van der Waals surface area contributed by atoms with Gasteiger partial charge in [-0.3, -0.25) is 0 Å². The highest BCUT2D eigenvalue weighted by molar-refractivity contribution is 6.35. The largest absolute Gasteiger partial charge is 0.394 e. The Bertz CT molecular complexity index is 415. The van der Waals surface area contributed by atoms with E-state index in [-0.39, 0.29) is 5.38 Å². The summed E-state index contributed by atoms with van der Waals surface area (Å²) in [5.74, 6) is 0. The molecule has 1 unspecified atom stereocenters. The molecule has 1 aromatic rings. The maximum atomic E-state index is 6.48. The van der Waals surface area contributed by atoms with Gasteiger partial charge < -0.3 is 20.0 Å². The number of benzene rings is 1. The summed E-state index contributed by atoms with van der Waals surface area (Å²) in [6, 6.07) is 9.79. The zero-order valence-corrected chi connectivity index (χ0v) is 13.8. The number of alkyl halides is 1. The third-order valence-electron chi connectivity index (χ3n) is 2.92. The minimum Gasteiger partial charge on any atom is -0.394 e. The van der Waals surface area contributed by atoms with E-state index in [1.54, 1.807) is 7.11 Å². The zero-order chi connectivity index (χ0) is 16.0. The minimum atomic E-state index is -0.230. The van der Waals surface area contributed by atoms with Crippen molar-refractivity contribution in [1.29, 1.82) is 0 Å². The monoisotopic (exact) mass is 328 g/mol. The van der Waals surface area contributed by atoms with Gasteiger partial charge in [0.15, 0.2) is 0 Å². The average Bonchev–Trinajstić information content (AvgIpc) is 2.55. The molecule has 0 radical (unpaired) electrons. The lowest BCUT2D eigenvalue weighted by molar-refractivity contribution is 0.0690. The third kappa shape index (κ3) is 7.75. The standard InChI is InChI=1S/C16H25ClN2O3/c1-20-12-13-21-10-5-8-15(17)16(19-22-11-9-18)14-6-3-2-4-7-14/h2-4,6-7,15H,5,8-13,18H2,1H3. The van der Waals surface area contributed by atoms with Crippen molar-refractivity contribution in [2.75, 3.05) is 40.1 Å². The molecule has 0 aliphatic rings. The Labute approximate surface area is 137 Å². The lowest BCUT2D eigenvalue weighted by atomic mass is 10.0. The number of methoxy groups -OCH3 is 1. The molecule has 0 fully saturated rings. The van der Waals surface area contributed by atoms with Gasteiger partial charge in [-0.15, -0.1) is 11.6 Å².